The minimum atomic E-state index is -3.36. The molecule has 0 radical (unpaired) electrons. The van der Waals surface area contributed by atoms with Crippen LogP contribution in [0.1, 0.15) is 36.0 Å². The van der Waals surface area contributed by atoms with Crippen LogP contribution in [0.25, 0.3) is 11.1 Å². The monoisotopic (exact) mass is 448 g/mol. The van der Waals surface area contributed by atoms with E-state index in [1.54, 1.807) is 4.90 Å². The maximum atomic E-state index is 14.9. The van der Waals surface area contributed by atoms with Crippen molar-refractivity contribution in [1.29, 1.82) is 0 Å². The van der Waals surface area contributed by atoms with Crippen LogP contribution in [0.4, 0.5) is 8.78 Å². The van der Waals surface area contributed by atoms with Crippen molar-refractivity contribution in [3.05, 3.63) is 53.6 Å². The number of likely N-dealkylation sites (tertiary alicyclic amines) is 2. The van der Waals surface area contributed by atoms with Gasteiger partial charge < -0.3 is 9.80 Å². The Labute approximate surface area is 181 Å². The molecule has 2 saturated heterocycles. The minimum Gasteiger partial charge on any atom is -0.334 e. The third kappa shape index (κ3) is 4.65. The van der Waals surface area contributed by atoms with Gasteiger partial charge in [-0.1, -0.05) is 12.1 Å². The molecular formula is C23H26F2N2O3S. The van der Waals surface area contributed by atoms with E-state index in [0.717, 1.165) is 63.7 Å². The number of rotatable bonds is 5. The van der Waals surface area contributed by atoms with Gasteiger partial charge in [0.1, 0.15) is 17.2 Å². The maximum Gasteiger partial charge on any atom is 0.260 e. The summed E-state index contributed by atoms with van der Waals surface area (Å²) in [5, 5.41) is 0. The number of sulfone groups is 1. The lowest BCUT2D eigenvalue weighted by atomic mass is 10.0. The zero-order valence-corrected chi connectivity index (χ0v) is 18.3. The number of carbonyl (C=O) groups is 1. The molecule has 4 rings (SSSR count). The third-order valence-electron chi connectivity index (χ3n) is 6.18. The second-order valence-electron chi connectivity index (χ2n) is 8.41. The molecule has 0 aromatic heterocycles. The van der Waals surface area contributed by atoms with Gasteiger partial charge >= 0.3 is 0 Å². The summed E-state index contributed by atoms with van der Waals surface area (Å²) in [4.78, 5) is 17.1. The molecule has 0 N–H and O–H groups in total. The van der Waals surface area contributed by atoms with Crippen LogP contribution in [0.15, 0.2) is 41.3 Å². The van der Waals surface area contributed by atoms with Crippen LogP contribution in [0.3, 0.4) is 0 Å². The minimum absolute atomic E-state index is 0.0207. The zero-order chi connectivity index (χ0) is 22.2. The molecule has 31 heavy (non-hydrogen) atoms. The lowest BCUT2D eigenvalue weighted by Gasteiger charge is -2.29. The predicted octanol–water partition coefficient (Wildman–Crippen LogP) is 3.74. The number of amides is 1. The molecule has 0 bridgehead atoms. The number of halogens is 2. The lowest BCUT2D eigenvalue weighted by molar-refractivity contribution is 0.0699. The summed E-state index contributed by atoms with van der Waals surface area (Å²) >= 11 is 0. The summed E-state index contributed by atoms with van der Waals surface area (Å²) in [6, 6.07) is 8.04. The fourth-order valence-electron chi connectivity index (χ4n) is 4.54. The predicted molar refractivity (Wildman–Crippen MR) is 115 cm³/mol. The highest BCUT2D eigenvalue weighted by atomic mass is 32.2. The van der Waals surface area contributed by atoms with E-state index < -0.39 is 32.9 Å². The number of benzene rings is 2. The Morgan fingerprint density at radius 3 is 2.16 bits per heavy atom. The van der Waals surface area contributed by atoms with Crippen LogP contribution in [0.5, 0.6) is 0 Å². The van der Waals surface area contributed by atoms with E-state index in [4.69, 9.17) is 0 Å². The summed E-state index contributed by atoms with van der Waals surface area (Å²) in [7, 11) is -3.36. The quantitative estimate of drug-likeness (QED) is 0.699. The Morgan fingerprint density at radius 1 is 0.968 bits per heavy atom. The molecule has 0 aliphatic carbocycles. The molecule has 1 atom stereocenters. The summed E-state index contributed by atoms with van der Waals surface area (Å²) < 4.78 is 53.0. The van der Waals surface area contributed by atoms with E-state index in [1.165, 1.54) is 24.3 Å². The summed E-state index contributed by atoms with van der Waals surface area (Å²) in [5.41, 5.74) is 0.198. The molecule has 2 aromatic rings. The molecule has 2 aromatic carbocycles. The van der Waals surface area contributed by atoms with E-state index in [0.29, 0.717) is 12.1 Å². The molecule has 2 aliphatic rings. The highest BCUT2D eigenvalue weighted by Crippen LogP contribution is 2.29. The van der Waals surface area contributed by atoms with Crippen LogP contribution in [-0.2, 0) is 9.84 Å². The first-order valence-corrected chi connectivity index (χ1v) is 12.5. The van der Waals surface area contributed by atoms with Gasteiger partial charge in [0.05, 0.1) is 4.90 Å². The molecule has 2 heterocycles. The van der Waals surface area contributed by atoms with Crippen LogP contribution < -0.4 is 0 Å². The Hall–Kier alpha value is -2.32. The van der Waals surface area contributed by atoms with Crippen LogP contribution >= 0.6 is 0 Å². The van der Waals surface area contributed by atoms with Crippen LogP contribution in [0, 0.1) is 11.6 Å². The van der Waals surface area contributed by atoms with E-state index >= 15 is 0 Å². The van der Waals surface area contributed by atoms with Gasteiger partial charge in [-0.25, -0.2) is 17.2 Å². The van der Waals surface area contributed by atoms with Crippen molar-refractivity contribution in [2.24, 2.45) is 0 Å². The molecule has 166 valence electrons. The van der Waals surface area contributed by atoms with E-state index in [-0.39, 0.29) is 16.5 Å². The van der Waals surface area contributed by atoms with Crippen molar-refractivity contribution in [2.45, 2.75) is 36.6 Å². The van der Waals surface area contributed by atoms with E-state index in [9.17, 15) is 22.0 Å². The molecule has 0 spiro atoms. The summed E-state index contributed by atoms with van der Waals surface area (Å²) in [6.07, 6.45) is 5.07. The standard InChI is InChI=1S/C23H26F2N2O3S/c1-31(29,30)19-8-6-16(7-9-19)17-13-20(24)22(21(25)14-17)23(28)27-12-4-5-18(27)15-26-10-2-3-11-26/h6-9,13-14,18H,2-5,10-12,15H2,1H3/t18-/m0/s1. The highest BCUT2D eigenvalue weighted by molar-refractivity contribution is 7.90. The van der Waals surface area contributed by atoms with Gasteiger partial charge in [-0.2, -0.15) is 0 Å². The second kappa shape index (κ2) is 8.67. The van der Waals surface area contributed by atoms with Gasteiger partial charge in [0.15, 0.2) is 9.84 Å². The Bertz CT molecular complexity index is 1060. The Morgan fingerprint density at radius 2 is 1.58 bits per heavy atom. The van der Waals surface area contributed by atoms with Gasteiger partial charge in [0.2, 0.25) is 0 Å². The molecule has 5 nitrogen and oxygen atoms in total. The number of carbonyl (C=O) groups excluding carboxylic acids is 1. The SMILES string of the molecule is CS(=O)(=O)c1ccc(-c2cc(F)c(C(=O)N3CCC[C@H]3CN3CCCC3)c(F)c2)cc1. The smallest absolute Gasteiger partial charge is 0.260 e. The molecule has 8 heteroatoms. The van der Waals surface area contributed by atoms with Gasteiger partial charge in [0.25, 0.3) is 5.91 Å². The largest absolute Gasteiger partial charge is 0.334 e. The van der Waals surface area contributed by atoms with Crippen molar-refractivity contribution in [1.82, 2.24) is 9.80 Å². The molecular weight excluding hydrogens is 422 g/mol. The first-order valence-electron chi connectivity index (χ1n) is 10.6. The molecule has 1 amide bonds. The van der Waals surface area contributed by atoms with Gasteiger partial charge in [-0.05, 0) is 74.2 Å². The molecule has 0 unspecified atom stereocenters. The number of nitrogens with zero attached hydrogens (tertiary/aromatic N) is 2. The van der Waals surface area contributed by atoms with Crippen LogP contribution in [0.2, 0.25) is 0 Å². The number of hydrogen-bond acceptors (Lipinski definition) is 4. The topological polar surface area (TPSA) is 57.7 Å². The fourth-order valence-corrected chi connectivity index (χ4v) is 5.17. The van der Waals surface area contributed by atoms with E-state index in [2.05, 4.69) is 4.90 Å². The molecule has 2 aliphatic heterocycles. The van der Waals surface area contributed by atoms with Gasteiger partial charge in [-0.3, -0.25) is 4.79 Å². The average Bonchev–Trinajstić information content (AvgIpc) is 3.39. The number of hydrogen-bond donors (Lipinski definition) is 0. The third-order valence-corrected chi connectivity index (χ3v) is 7.31. The summed E-state index contributed by atoms with van der Waals surface area (Å²) in [6.45, 7) is 3.27. The van der Waals surface area contributed by atoms with Crippen molar-refractivity contribution in [2.75, 3.05) is 32.4 Å². The fraction of sp³-hybridized carbons (Fsp3) is 0.435. The van der Waals surface area contributed by atoms with Crippen molar-refractivity contribution in [3.63, 3.8) is 0 Å². The first kappa shape index (κ1) is 21.9. The zero-order valence-electron chi connectivity index (χ0n) is 17.5. The maximum absolute atomic E-state index is 14.9. The van der Waals surface area contributed by atoms with Crippen molar-refractivity contribution in [3.8, 4) is 11.1 Å². The normalized spacial score (nSPS) is 19.8. The average molecular weight is 449 g/mol. The van der Waals surface area contributed by atoms with Crippen molar-refractivity contribution < 1.29 is 22.0 Å². The summed E-state index contributed by atoms with van der Waals surface area (Å²) in [5.74, 6) is -2.41. The first-order chi connectivity index (χ1) is 14.7. The van der Waals surface area contributed by atoms with Gasteiger partial charge in [0, 0.05) is 25.4 Å². The second-order valence-corrected chi connectivity index (χ2v) is 10.4. The van der Waals surface area contributed by atoms with Crippen LogP contribution in [-0.4, -0.2) is 62.6 Å². The Kier molecular flexibility index (Phi) is 6.12. The highest BCUT2D eigenvalue weighted by Gasteiger charge is 2.34. The lowest BCUT2D eigenvalue weighted by Crippen LogP contribution is -2.43. The van der Waals surface area contributed by atoms with Crippen molar-refractivity contribution >= 4 is 15.7 Å². The van der Waals surface area contributed by atoms with Gasteiger partial charge in [-0.15, -0.1) is 0 Å². The molecule has 0 saturated carbocycles. The molecule has 2 fully saturated rings. The Balaban J connectivity index is 1.57. The van der Waals surface area contributed by atoms with E-state index in [1.807, 2.05) is 0 Å².